The lowest BCUT2D eigenvalue weighted by atomic mass is 9.93. The molecule has 4 rings (SSSR count). The Labute approximate surface area is 223 Å². The second kappa shape index (κ2) is 11.5. The summed E-state index contributed by atoms with van der Waals surface area (Å²) >= 11 is 1.44. The average molecular weight is 543 g/mol. The second-order valence-electron chi connectivity index (χ2n) is 9.13. The smallest absolute Gasteiger partial charge is 0.260 e. The first-order valence-electron chi connectivity index (χ1n) is 12.0. The first kappa shape index (κ1) is 27.6. The fourth-order valence-corrected chi connectivity index (χ4v) is 6.17. The van der Waals surface area contributed by atoms with Crippen molar-refractivity contribution >= 4 is 11.8 Å². The quantitative estimate of drug-likeness (QED) is 0.265. The molecule has 1 aliphatic heterocycles. The number of benzene rings is 1. The summed E-state index contributed by atoms with van der Waals surface area (Å²) < 4.78 is 56.6. The molecule has 38 heavy (non-hydrogen) atoms. The number of allylic oxidation sites excluding steroid dienone is 4. The highest BCUT2D eigenvalue weighted by atomic mass is 32.2. The molecule has 0 saturated carbocycles. The highest BCUT2D eigenvalue weighted by Gasteiger charge is 2.33. The number of halogens is 3. The Kier molecular flexibility index (Phi) is 8.38. The first-order chi connectivity index (χ1) is 18.2. The van der Waals surface area contributed by atoms with Gasteiger partial charge in [0.1, 0.15) is 17.4 Å². The van der Waals surface area contributed by atoms with Crippen LogP contribution in [-0.4, -0.2) is 35.9 Å². The molecule has 1 atom stereocenters. The minimum absolute atomic E-state index is 0.00660. The SMILES string of the molecule is C=C/C(F)=C(/Cc1c(C)c(-c2cccc(OC)c2F)c(=O)n2c1SCC2CN(C)Cc1ccco1)C(=C)F. The Morgan fingerprint density at radius 2 is 2.08 bits per heavy atom. The zero-order chi connectivity index (χ0) is 27.6. The third-order valence-corrected chi connectivity index (χ3v) is 7.91. The minimum atomic E-state index is -0.932. The lowest BCUT2D eigenvalue weighted by Crippen LogP contribution is -2.34. The van der Waals surface area contributed by atoms with Gasteiger partial charge >= 0.3 is 0 Å². The van der Waals surface area contributed by atoms with Gasteiger partial charge in [-0.3, -0.25) is 14.3 Å². The topological polar surface area (TPSA) is 47.6 Å². The van der Waals surface area contributed by atoms with Crippen LogP contribution in [0.5, 0.6) is 5.75 Å². The molecular formula is C29H29F3N2O3S. The van der Waals surface area contributed by atoms with E-state index in [-0.39, 0.29) is 40.5 Å². The van der Waals surface area contributed by atoms with Gasteiger partial charge in [0.05, 0.1) is 36.5 Å². The molecule has 0 fully saturated rings. The lowest BCUT2D eigenvalue weighted by molar-refractivity contribution is 0.256. The number of aromatic nitrogens is 1. The largest absolute Gasteiger partial charge is 0.494 e. The predicted molar refractivity (Wildman–Crippen MR) is 144 cm³/mol. The molecule has 2 aromatic heterocycles. The number of hydrogen-bond acceptors (Lipinski definition) is 5. The summed E-state index contributed by atoms with van der Waals surface area (Å²) in [6.07, 6.45) is 2.35. The molecule has 1 aliphatic rings. The van der Waals surface area contributed by atoms with Crippen LogP contribution in [0.15, 0.2) is 87.3 Å². The van der Waals surface area contributed by atoms with E-state index in [4.69, 9.17) is 9.15 Å². The molecule has 0 N–H and O–H groups in total. The number of pyridine rings is 1. The molecule has 0 aliphatic carbocycles. The summed E-state index contributed by atoms with van der Waals surface area (Å²) in [5.41, 5.74) is 0.542. The van der Waals surface area contributed by atoms with E-state index in [2.05, 4.69) is 13.2 Å². The molecule has 1 unspecified atom stereocenters. The van der Waals surface area contributed by atoms with Gasteiger partial charge in [-0.2, -0.15) is 0 Å². The fraction of sp³-hybridized carbons (Fsp3) is 0.276. The summed E-state index contributed by atoms with van der Waals surface area (Å²) in [5.74, 6) is -1.11. The Balaban J connectivity index is 1.90. The van der Waals surface area contributed by atoms with Crippen molar-refractivity contribution in [3.8, 4) is 16.9 Å². The molecule has 0 spiro atoms. The Hall–Kier alpha value is -3.43. The molecular weight excluding hydrogens is 513 g/mol. The molecule has 0 amide bonds. The van der Waals surface area contributed by atoms with Crippen molar-refractivity contribution in [2.75, 3.05) is 26.5 Å². The van der Waals surface area contributed by atoms with E-state index in [0.29, 0.717) is 35.0 Å². The van der Waals surface area contributed by atoms with Crippen molar-refractivity contribution in [3.05, 3.63) is 106 Å². The zero-order valence-corrected chi connectivity index (χ0v) is 22.3. The maximum atomic E-state index is 15.4. The number of hydrogen-bond donors (Lipinski definition) is 0. The maximum Gasteiger partial charge on any atom is 0.260 e. The molecule has 0 radical (unpaired) electrons. The standard InChI is InChI=1S/C29H29F3N2O3S/c1-6-24(31)23(18(3)30)13-22-17(2)26(21-10-7-11-25(36-5)27(21)32)28(35)34-19(16-38-29(22)34)14-33(4)15-20-9-8-12-37-20/h6-12,19H,1,3,13-16H2,2,4-5H3/b24-23+. The van der Waals surface area contributed by atoms with Gasteiger partial charge in [-0.1, -0.05) is 25.3 Å². The second-order valence-corrected chi connectivity index (χ2v) is 10.1. The molecule has 9 heteroatoms. The van der Waals surface area contributed by atoms with Gasteiger partial charge in [0.2, 0.25) is 0 Å². The summed E-state index contributed by atoms with van der Waals surface area (Å²) in [6.45, 7) is 9.41. The fourth-order valence-electron chi connectivity index (χ4n) is 4.79. The third-order valence-electron chi connectivity index (χ3n) is 6.64. The van der Waals surface area contributed by atoms with Crippen molar-refractivity contribution in [3.63, 3.8) is 0 Å². The van der Waals surface area contributed by atoms with Crippen LogP contribution in [-0.2, 0) is 13.0 Å². The number of likely N-dealkylation sites (N-methyl/N-ethyl adjacent to an activating group) is 1. The Morgan fingerprint density at radius 1 is 1.32 bits per heavy atom. The molecule has 3 heterocycles. The summed E-state index contributed by atoms with van der Waals surface area (Å²) in [4.78, 5) is 16.0. The summed E-state index contributed by atoms with van der Waals surface area (Å²) in [5, 5.41) is 0.603. The van der Waals surface area contributed by atoms with Gasteiger partial charge in [-0.25, -0.2) is 13.2 Å². The van der Waals surface area contributed by atoms with Crippen molar-refractivity contribution in [2.24, 2.45) is 0 Å². The predicted octanol–water partition coefficient (Wildman–Crippen LogP) is 6.78. The number of ether oxygens (including phenoxy) is 1. The summed E-state index contributed by atoms with van der Waals surface area (Å²) in [7, 11) is 3.26. The van der Waals surface area contributed by atoms with Gasteiger partial charge in [-0.15, -0.1) is 11.8 Å². The lowest BCUT2D eigenvalue weighted by Gasteiger charge is -2.24. The van der Waals surface area contributed by atoms with Crippen LogP contribution in [0.4, 0.5) is 13.2 Å². The van der Waals surface area contributed by atoms with Gasteiger partial charge < -0.3 is 9.15 Å². The van der Waals surface area contributed by atoms with Crippen LogP contribution in [0, 0.1) is 12.7 Å². The number of nitrogens with zero attached hydrogens (tertiary/aromatic N) is 2. The number of rotatable bonds is 10. The molecule has 200 valence electrons. The van der Waals surface area contributed by atoms with E-state index in [1.807, 2.05) is 24.1 Å². The number of methoxy groups -OCH3 is 1. The first-order valence-corrected chi connectivity index (χ1v) is 13.0. The van der Waals surface area contributed by atoms with Crippen LogP contribution in [0.2, 0.25) is 0 Å². The van der Waals surface area contributed by atoms with Crippen LogP contribution in [0.25, 0.3) is 11.1 Å². The van der Waals surface area contributed by atoms with Gasteiger partial charge in [0.25, 0.3) is 5.56 Å². The summed E-state index contributed by atoms with van der Waals surface area (Å²) in [6, 6.07) is 7.99. The van der Waals surface area contributed by atoms with Crippen molar-refractivity contribution in [1.82, 2.24) is 9.47 Å². The van der Waals surface area contributed by atoms with E-state index in [9.17, 15) is 13.6 Å². The van der Waals surface area contributed by atoms with E-state index in [1.54, 1.807) is 23.8 Å². The highest BCUT2D eigenvalue weighted by Crippen LogP contribution is 2.41. The molecule has 5 nitrogen and oxygen atoms in total. The Morgan fingerprint density at radius 3 is 2.71 bits per heavy atom. The van der Waals surface area contributed by atoms with E-state index >= 15 is 4.39 Å². The van der Waals surface area contributed by atoms with Crippen LogP contribution >= 0.6 is 11.8 Å². The molecule has 0 saturated heterocycles. The van der Waals surface area contributed by atoms with Crippen LogP contribution in [0.3, 0.4) is 0 Å². The maximum absolute atomic E-state index is 15.4. The van der Waals surface area contributed by atoms with Gasteiger partial charge in [0.15, 0.2) is 11.6 Å². The monoisotopic (exact) mass is 542 g/mol. The van der Waals surface area contributed by atoms with Crippen molar-refractivity contribution < 1.29 is 22.3 Å². The minimum Gasteiger partial charge on any atom is -0.494 e. The van der Waals surface area contributed by atoms with E-state index < -0.39 is 17.5 Å². The number of fused-ring (bicyclic) bond motifs is 1. The van der Waals surface area contributed by atoms with E-state index in [1.165, 1.54) is 31.0 Å². The molecule has 0 bridgehead atoms. The normalized spacial score (nSPS) is 15.4. The molecule has 1 aromatic carbocycles. The number of furan rings is 1. The molecule has 3 aromatic rings. The van der Waals surface area contributed by atoms with E-state index in [0.717, 1.165) is 11.8 Å². The van der Waals surface area contributed by atoms with Crippen molar-refractivity contribution in [2.45, 2.75) is 31.0 Å². The highest BCUT2D eigenvalue weighted by molar-refractivity contribution is 7.99. The average Bonchev–Trinajstić information content (AvgIpc) is 3.54. The van der Waals surface area contributed by atoms with Gasteiger partial charge in [0, 0.05) is 29.9 Å². The van der Waals surface area contributed by atoms with Gasteiger partial charge in [-0.05, 0) is 49.4 Å². The van der Waals surface area contributed by atoms with Crippen LogP contribution in [0.1, 0.15) is 22.9 Å². The number of thioether (sulfide) groups is 1. The van der Waals surface area contributed by atoms with Crippen LogP contribution < -0.4 is 10.3 Å². The van der Waals surface area contributed by atoms with Crippen molar-refractivity contribution in [1.29, 1.82) is 0 Å². The zero-order valence-electron chi connectivity index (χ0n) is 21.5. The Bertz CT molecular complexity index is 1460. The third kappa shape index (κ3) is 5.26.